The van der Waals surface area contributed by atoms with Crippen LogP contribution in [0.3, 0.4) is 0 Å². The fourth-order valence-corrected chi connectivity index (χ4v) is 2.78. The van der Waals surface area contributed by atoms with Gasteiger partial charge in [-0.1, -0.05) is 19.9 Å². The van der Waals surface area contributed by atoms with Crippen LogP contribution in [0.2, 0.25) is 0 Å². The Hall–Kier alpha value is -1.60. The Labute approximate surface area is 106 Å². The van der Waals surface area contributed by atoms with Crippen molar-refractivity contribution in [2.75, 3.05) is 5.73 Å². The zero-order chi connectivity index (χ0) is 13.9. The van der Waals surface area contributed by atoms with Crippen LogP contribution in [0, 0.1) is 5.92 Å². The quantitative estimate of drug-likeness (QED) is 0.682. The molecule has 0 spiro atoms. The highest BCUT2D eigenvalue weighted by Gasteiger charge is 2.27. The largest absolute Gasteiger partial charge is 0.480 e. The average molecular weight is 272 g/mol. The number of carboxylic acid groups (broad SMARTS) is 1. The van der Waals surface area contributed by atoms with Crippen molar-refractivity contribution in [2.24, 2.45) is 5.92 Å². The van der Waals surface area contributed by atoms with E-state index in [-0.39, 0.29) is 10.8 Å². The molecular formula is C11H16N2O4S. The summed E-state index contributed by atoms with van der Waals surface area (Å²) in [5.41, 5.74) is 5.80. The second-order valence-electron chi connectivity index (χ2n) is 4.25. The van der Waals surface area contributed by atoms with Crippen LogP contribution < -0.4 is 10.5 Å². The van der Waals surface area contributed by atoms with Crippen molar-refractivity contribution < 1.29 is 18.3 Å². The maximum atomic E-state index is 12.0. The third-order valence-corrected chi connectivity index (χ3v) is 3.82. The molecular weight excluding hydrogens is 256 g/mol. The molecule has 0 aliphatic carbocycles. The van der Waals surface area contributed by atoms with Crippen LogP contribution in [-0.4, -0.2) is 25.5 Å². The molecule has 0 heterocycles. The van der Waals surface area contributed by atoms with Gasteiger partial charge in [-0.25, -0.2) is 8.42 Å². The van der Waals surface area contributed by atoms with Crippen LogP contribution in [0.5, 0.6) is 0 Å². The van der Waals surface area contributed by atoms with Crippen molar-refractivity contribution in [2.45, 2.75) is 24.8 Å². The maximum absolute atomic E-state index is 12.0. The van der Waals surface area contributed by atoms with Gasteiger partial charge in [0.1, 0.15) is 6.04 Å². The highest BCUT2D eigenvalue weighted by molar-refractivity contribution is 7.89. The summed E-state index contributed by atoms with van der Waals surface area (Å²) in [5.74, 6) is -1.57. The number of sulfonamides is 1. The van der Waals surface area contributed by atoms with Crippen LogP contribution in [0.15, 0.2) is 29.2 Å². The minimum atomic E-state index is -3.88. The number of rotatable bonds is 5. The summed E-state index contributed by atoms with van der Waals surface area (Å²) in [7, 11) is -3.88. The monoisotopic (exact) mass is 272 g/mol. The van der Waals surface area contributed by atoms with Crippen LogP contribution in [0.4, 0.5) is 5.69 Å². The molecule has 0 fully saturated rings. The van der Waals surface area contributed by atoms with Gasteiger partial charge in [0.2, 0.25) is 10.0 Å². The molecule has 0 bridgehead atoms. The molecule has 0 aliphatic rings. The Kier molecular flexibility index (Phi) is 4.31. The summed E-state index contributed by atoms with van der Waals surface area (Å²) < 4.78 is 26.1. The van der Waals surface area contributed by atoms with Crippen LogP contribution in [0.25, 0.3) is 0 Å². The molecule has 100 valence electrons. The van der Waals surface area contributed by atoms with Crippen molar-refractivity contribution in [1.29, 1.82) is 0 Å². The number of hydrogen-bond acceptors (Lipinski definition) is 4. The molecule has 6 nitrogen and oxygen atoms in total. The Morgan fingerprint density at radius 3 is 2.44 bits per heavy atom. The minimum Gasteiger partial charge on any atom is -0.480 e. The van der Waals surface area contributed by atoms with Gasteiger partial charge >= 0.3 is 5.97 Å². The Morgan fingerprint density at radius 1 is 1.39 bits per heavy atom. The van der Waals surface area contributed by atoms with Gasteiger partial charge in [0.05, 0.1) is 4.90 Å². The van der Waals surface area contributed by atoms with Gasteiger partial charge in [0.25, 0.3) is 0 Å². The van der Waals surface area contributed by atoms with Crippen molar-refractivity contribution in [3.8, 4) is 0 Å². The Morgan fingerprint density at radius 2 is 2.00 bits per heavy atom. The van der Waals surface area contributed by atoms with E-state index in [2.05, 4.69) is 4.72 Å². The lowest BCUT2D eigenvalue weighted by molar-refractivity contribution is -0.140. The third kappa shape index (κ3) is 3.44. The molecule has 1 aromatic rings. The molecule has 0 unspecified atom stereocenters. The number of anilines is 1. The molecule has 1 rings (SSSR count). The van der Waals surface area contributed by atoms with Gasteiger partial charge in [0.15, 0.2) is 0 Å². The number of carbonyl (C=O) groups is 1. The Bertz CT molecular complexity index is 540. The summed E-state index contributed by atoms with van der Waals surface area (Å²) in [6, 6.07) is 4.52. The van der Waals surface area contributed by atoms with Crippen molar-refractivity contribution in [1.82, 2.24) is 4.72 Å². The molecule has 0 aromatic heterocycles. The van der Waals surface area contributed by atoms with Gasteiger partial charge < -0.3 is 10.8 Å². The van der Waals surface area contributed by atoms with Gasteiger partial charge in [-0.05, 0) is 24.1 Å². The molecule has 1 aromatic carbocycles. The fraction of sp³-hybridized carbons (Fsp3) is 0.364. The first-order valence-corrected chi connectivity index (χ1v) is 6.83. The van der Waals surface area contributed by atoms with E-state index in [9.17, 15) is 13.2 Å². The molecule has 4 N–H and O–H groups in total. The van der Waals surface area contributed by atoms with Gasteiger partial charge in [-0.2, -0.15) is 4.72 Å². The van der Waals surface area contributed by atoms with Gasteiger partial charge in [-0.3, -0.25) is 4.79 Å². The molecule has 0 aliphatic heterocycles. The summed E-state index contributed by atoms with van der Waals surface area (Å²) in [5, 5.41) is 8.96. The molecule has 0 saturated carbocycles. The lowest BCUT2D eigenvalue weighted by Crippen LogP contribution is -2.44. The number of nitrogen functional groups attached to an aromatic ring is 1. The topological polar surface area (TPSA) is 109 Å². The molecule has 7 heteroatoms. The van der Waals surface area contributed by atoms with Crippen molar-refractivity contribution in [3.63, 3.8) is 0 Å². The number of aliphatic carboxylic acids is 1. The van der Waals surface area contributed by atoms with E-state index in [1.54, 1.807) is 19.9 Å². The normalized spacial score (nSPS) is 13.5. The predicted molar refractivity (Wildman–Crippen MR) is 67.4 cm³/mol. The standard InChI is InChI=1S/C11H16N2O4S/c1-7(2)10(11(14)15)13-18(16,17)9-5-3-4-8(12)6-9/h3-7,10,13H,12H2,1-2H3,(H,14,15)/t10-/m0/s1. The van der Waals surface area contributed by atoms with Crippen LogP contribution in [0.1, 0.15) is 13.8 Å². The fourth-order valence-electron chi connectivity index (χ4n) is 1.39. The summed E-state index contributed by atoms with van der Waals surface area (Å²) in [6.07, 6.45) is 0. The third-order valence-electron chi connectivity index (χ3n) is 2.38. The van der Waals surface area contributed by atoms with Crippen molar-refractivity contribution >= 4 is 21.7 Å². The van der Waals surface area contributed by atoms with E-state index in [4.69, 9.17) is 10.8 Å². The lowest BCUT2D eigenvalue weighted by atomic mass is 10.1. The summed E-state index contributed by atoms with van der Waals surface area (Å²) >= 11 is 0. The SMILES string of the molecule is CC(C)[C@H](NS(=O)(=O)c1cccc(N)c1)C(=O)O. The van der Waals surface area contributed by atoms with E-state index >= 15 is 0 Å². The number of benzene rings is 1. The van der Waals surface area contributed by atoms with E-state index in [1.165, 1.54) is 18.2 Å². The summed E-state index contributed by atoms with van der Waals surface area (Å²) in [4.78, 5) is 10.9. The van der Waals surface area contributed by atoms with Crippen LogP contribution in [-0.2, 0) is 14.8 Å². The molecule has 18 heavy (non-hydrogen) atoms. The maximum Gasteiger partial charge on any atom is 0.322 e. The second kappa shape index (κ2) is 5.36. The molecule has 0 saturated heterocycles. The van der Waals surface area contributed by atoms with Gasteiger partial charge in [0, 0.05) is 5.69 Å². The van der Waals surface area contributed by atoms with E-state index in [1.807, 2.05) is 0 Å². The second-order valence-corrected chi connectivity index (χ2v) is 5.97. The number of nitrogens with one attached hydrogen (secondary N) is 1. The molecule has 0 radical (unpaired) electrons. The van der Waals surface area contributed by atoms with E-state index in [0.29, 0.717) is 5.69 Å². The first-order valence-electron chi connectivity index (χ1n) is 5.34. The van der Waals surface area contributed by atoms with E-state index < -0.39 is 22.0 Å². The van der Waals surface area contributed by atoms with Gasteiger partial charge in [-0.15, -0.1) is 0 Å². The van der Waals surface area contributed by atoms with Crippen LogP contribution >= 0.6 is 0 Å². The number of nitrogens with two attached hydrogens (primary N) is 1. The highest BCUT2D eigenvalue weighted by atomic mass is 32.2. The lowest BCUT2D eigenvalue weighted by Gasteiger charge is -2.18. The Balaban J connectivity index is 3.05. The number of carboxylic acids is 1. The highest BCUT2D eigenvalue weighted by Crippen LogP contribution is 2.14. The molecule has 0 amide bonds. The smallest absolute Gasteiger partial charge is 0.322 e. The average Bonchev–Trinajstić information content (AvgIpc) is 2.25. The van der Waals surface area contributed by atoms with Crippen molar-refractivity contribution in [3.05, 3.63) is 24.3 Å². The zero-order valence-corrected chi connectivity index (χ0v) is 10.9. The minimum absolute atomic E-state index is 0.0469. The predicted octanol–water partition coefficient (Wildman–Crippen LogP) is 0.656. The zero-order valence-electron chi connectivity index (χ0n) is 10.1. The first-order chi connectivity index (χ1) is 8.24. The number of hydrogen-bond donors (Lipinski definition) is 3. The summed E-state index contributed by atoms with van der Waals surface area (Å²) in [6.45, 7) is 3.25. The first kappa shape index (κ1) is 14.5. The molecule has 1 atom stereocenters. The van der Waals surface area contributed by atoms with E-state index in [0.717, 1.165) is 0 Å².